The first-order valence-corrected chi connectivity index (χ1v) is 10.5. The van der Waals surface area contributed by atoms with Gasteiger partial charge in [-0.05, 0) is 36.2 Å². The summed E-state index contributed by atoms with van der Waals surface area (Å²) in [6, 6.07) is 15.6. The van der Waals surface area contributed by atoms with Crippen molar-refractivity contribution in [2.45, 2.75) is 31.5 Å². The number of carbonyl (C=O) groups is 3. The Morgan fingerprint density at radius 3 is 2.28 bits per heavy atom. The average molecular weight is 439 g/mol. The van der Waals surface area contributed by atoms with Crippen LogP contribution < -0.4 is 15.4 Å². The molecule has 1 fully saturated rings. The SMILES string of the molecule is COc1ccc(NC(=O)CN2[C@H](C(=O)N(C)C)C[C@H](NC(C)=O)[C@@H]2c2ccccc2)cc1. The highest BCUT2D eigenvalue weighted by molar-refractivity contribution is 5.93. The third kappa shape index (κ3) is 5.45. The van der Waals surface area contributed by atoms with Gasteiger partial charge in [0.1, 0.15) is 5.75 Å². The number of likely N-dealkylation sites (tertiary alicyclic amines) is 1. The van der Waals surface area contributed by atoms with Crippen LogP contribution in [0, 0.1) is 0 Å². The summed E-state index contributed by atoms with van der Waals surface area (Å²) >= 11 is 0. The maximum Gasteiger partial charge on any atom is 0.239 e. The van der Waals surface area contributed by atoms with Crippen molar-refractivity contribution in [3.05, 3.63) is 60.2 Å². The zero-order valence-electron chi connectivity index (χ0n) is 18.9. The Balaban J connectivity index is 1.88. The summed E-state index contributed by atoms with van der Waals surface area (Å²) in [6.45, 7) is 1.47. The number of methoxy groups -OCH3 is 1. The number of carbonyl (C=O) groups excluding carboxylic acids is 3. The van der Waals surface area contributed by atoms with Crippen LogP contribution in [0.2, 0.25) is 0 Å². The summed E-state index contributed by atoms with van der Waals surface area (Å²) in [5.41, 5.74) is 1.58. The van der Waals surface area contributed by atoms with Gasteiger partial charge in [0.05, 0.1) is 31.8 Å². The lowest BCUT2D eigenvalue weighted by Gasteiger charge is -2.31. The van der Waals surface area contributed by atoms with Crippen LogP contribution in [0.15, 0.2) is 54.6 Å². The number of amides is 3. The Morgan fingerprint density at radius 1 is 1.06 bits per heavy atom. The van der Waals surface area contributed by atoms with Gasteiger partial charge in [-0.3, -0.25) is 19.3 Å². The van der Waals surface area contributed by atoms with Gasteiger partial charge in [0.15, 0.2) is 0 Å². The van der Waals surface area contributed by atoms with E-state index in [2.05, 4.69) is 10.6 Å². The lowest BCUT2D eigenvalue weighted by molar-refractivity contribution is -0.134. The van der Waals surface area contributed by atoms with Crippen molar-refractivity contribution in [3.8, 4) is 5.75 Å². The molecule has 0 radical (unpaired) electrons. The van der Waals surface area contributed by atoms with Crippen LogP contribution in [-0.2, 0) is 14.4 Å². The Kier molecular flexibility index (Phi) is 7.48. The van der Waals surface area contributed by atoms with Crippen LogP contribution in [0.25, 0.3) is 0 Å². The van der Waals surface area contributed by atoms with Crippen molar-refractivity contribution in [2.24, 2.45) is 0 Å². The van der Waals surface area contributed by atoms with Crippen molar-refractivity contribution in [2.75, 3.05) is 33.1 Å². The first-order chi connectivity index (χ1) is 15.3. The van der Waals surface area contributed by atoms with Gasteiger partial charge in [-0.2, -0.15) is 0 Å². The van der Waals surface area contributed by atoms with E-state index in [0.717, 1.165) is 5.56 Å². The number of benzene rings is 2. The fourth-order valence-corrected chi connectivity index (χ4v) is 4.19. The Hall–Kier alpha value is -3.39. The summed E-state index contributed by atoms with van der Waals surface area (Å²) in [5, 5.41) is 5.87. The molecule has 0 aliphatic carbocycles. The van der Waals surface area contributed by atoms with Crippen LogP contribution in [0.5, 0.6) is 5.75 Å². The molecule has 32 heavy (non-hydrogen) atoms. The summed E-state index contributed by atoms with van der Waals surface area (Å²) in [6.07, 6.45) is 0.423. The molecule has 1 aliphatic heterocycles. The molecule has 8 heteroatoms. The molecule has 3 amide bonds. The number of ether oxygens (including phenoxy) is 1. The summed E-state index contributed by atoms with van der Waals surface area (Å²) in [4.78, 5) is 41.3. The van der Waals surface area contributed by atoms with E-state index in [-0.39, 0.29) is 36.3 Å². The first kappa shape index (κ1) is 23.3. The molecule has 1 saturated heterocycles. The van der Waals surface area contributed by atoms with E-state index in [0.29, 0.717) is 17.9 Å². The van der Waals surface area contributed by atoms with Gasteiger partial charge in [-0.1, -0.05) is 30.3 Å². The molecule has 8 nitrogen and oxygen atoms in total. The minimum Gasteiger partial charge on any atom is -0.497 e. The van der Waals surface area contributed by atoms with Crippen molar-refractivity contribution in [1.29, 1.82) is 0 Å². The molecular formula is C24H30N4O4. The normalized spacial score (nSPS) is 20.4. The van der Waals surface area contributed by atoms with Crippen molar-refractivity contribution >= 4 is 23.4 Å². The maximum absolute atomic E-state index is 13.0. The zero-order chi connectivity index (χ0) is 23.3. The Bertz CT molecular complexity index is 946. The lowest BCUT2D eigenvalue weighted by atomic mass is 9.99. The molecule has 2 N–H and O–H groups in total. The average Bonchev–Trinajstić information content (AvgIpc) is 3.10. The topological polar surface area (TPSA) is 91.0 Å². The molecule has 1 aliphatic rings. The molecule has 1 heterocycles. The number of hydrogen-bond donors (Lipinski definition) is 2. The maximum atomic E-state index is 13.0. The predicted molar refractivity (Wildman–Crippen MR) is 122 cm³/mol. The smallest absolute Gasteiger partial charge is 0.239 e. The fraction of sp³-hybridized carbons (Fsp3) is 0.375. The number of rotatable bonds is 7. The molecule has 2 aromatic rings. The van der Waals surface area contributed by atoms with Gasteiger partial charge < -0.3 is 20.3 Å². The highest BCUT2D eigenvalue weighted by Crippen LogP contribution is 2.37. The van der Waals surface area contributed by atoms with E-state index in [1.165, 1.54) is 11.8 Å². The summed E-state index contributed by atoms with van der Waals surface area (Å²) < 4.78 is 5.15. The number of nitrogens with zero attached hydrogens (tertiary/aromatic N) is 2. The third-order valence-corrected chi connectivity index (χ3v) is 5.57. The molecule has 0 unspecified atom stereocenters. The van der Waals surface area contributed by atoms with E-state index in [4.69, 9.17) is 4.74 Å². The summed E-state index contributed by atoms with van der Waals surface area (Å²) in [7, 11) is 4.97. The van der Waals surface area contributed by atoms with Crippen LogP contribution in [0.3, 0.4) is 0 Å². The predicted octanol–water partition coefficient (Wildman–Crippen LogP) is 2.04. The molecule has 3 rings (SSSR count). The van der Waals surface area contributed by atoms with Crippen LogP contribution in [0.4, 0.5) is 5.69 Å². The molecule has 0 aromatic heterocycles. The second-order valence-electron chi connectivity index (χ2n) is 8.10. The quantitative estimate of drug-likeness (QED) is 0.691. The highest BCUT2D eigenvalue weighted by atomic mass is 16.5. The molecular weight excluding hydrogens is 408 g/mol. The Labute approximate surface area is 188 Å². The van der Waals surface area contributed by atoms with Crippen molar-refractivity contribution < 1.29 is 19.1 Å². The van der Waals surface area contributed by atoms with Gasteiger partial charge in [0.2, 0.25) is 17.7 Å². The number of anilines is 1. The van der Waals surface area contributed by atoms with Gasteiger partial charge in [-0.15, -0.1) is 0 Å². The van der Waals surface area contributed by atoms with Gasteiger partial charge in [0.25, 0.3) is 0 Å². The highest BCUT2D eigenvalue weighted by Gasteiger charge is 2.46. The van der Waals surface area contributed by atoms with E-state index in [1.807, 2.05) is 35.2 Å². The molecule has 3 atom stereocenters. The lowest BCUT2D eigenvalue weighted by Crippen LogP contribution is -2.46. The number of hydrogen-bond acceptors (Lipinski definition) is 5. The van der Waals surface area contributed by atoms with E-state index < -0.39 is 6.04 Å². The molecule has 0 spiro atoms. The summed E-state index contributed by atoms with van der Waals surface area (Å²) in [5.74, 6) is 0.185. The fourth-order valence-electron chi connectivity index (χ4n) is 4.19. The molecule has 170 valence electrons. The minimum atomic E-state index is -0.534. The van der Waals surface area contributed by atoms with Crippen molar-refractivity contribution in [1.82, 2.24) is 15.1 Å². The Morgan fingerprint density at radius 2 is 1.72 bits per heavy atom. The second kappa shape index (κ2) is 10.3. The van der Waals surface area contributed by atoms with Gasteiger partial charge in [0, 0.05) is 26.7 Å². The first-order valence-electron chi connectivity index (χ1n) is 10.5. The third-order valence-electron chi connectivity index (χ3n) is 5.57. The van der Waals surface area contributed by atoms with Crippen LogP contribution in [-0.4, -0.2) is 67.4 Å². The number of nitrogens with one attached hydrogen (secondary N) is 2. The standard InChI is InChI=1S/C24H30N4O4/c1-16(29)25-20-14-21(24(31)27(2)3)28(23(20)17-8-6-5-7-9-17)15-22(30)26-18-10-12-19(32-4)13-11-18/h5-13,20-21,23H,14-15H2,1-4H3,(H,25,29)(H,26,30)/t20-,21-,23-/m0/s1. The zero-order valence-corrected chi connectivity index (χ0v) is 18.9. The van der Waals surface area contributed by atoms with Crippen LogP contribution in [0.1, 0.15) is 24.9 Å². The van der Waals surface area contributed by atoms with Gasteiger partial charge >= 0.3 is 0 Å². The van der Waals surface area contributed by atoms with Crippen LogP contribution >= 0.6 is 0 Å². The molecule has 2 aromatic carbocycles. The minimum absolute atomic E-state index is 0.00587. The molecule has 0 saturated carbocycles. The van der Waals surface area contributed by atoms with E-state index in [1.54, 1.807) is 45.5 Å². The van der Waals surface area contributed by atoms with Crippen molar-refractivity contribution in [3.63, 3.8) is 0 Å². The monoisotopic (exact) mass is 438 g/mol. The van der Waals surface area contributed by atoms with E-state index >= 15 is 0 Å². The second-order valence-corrected chi connectivity index (χ2v) is 8.10. The van der Waals surface area contributed by atoms with E-state index in [9.17, 15) is 14.4 Å². The van der Waals surface area contributed by atoms with Gasteiger partial charge in [-0.25, -0.2) is 0 Å². The molecule has 0 bridgehead atoms. The largest absolute Gasteiger partial charge is 0.497 e. The number of likely N-dealkylation sites (N-methyl/N-ethyl adjacent to an activating group) is 1.